The monoisotopic (exact) mass is 395 g/mol. The maximum atomic E-state index is 15.2. The number of piperidine rings is 1. The second kappa shape index (κ2) is 7.55. The van der Waals surface area contributed by atoms with Crippen molar-refractivity contribution in [2.24, 2.45) is 11.7 Å². The highest BCUT2D eigenvalue weighted by Gasteiger charge is 2.32. The predicted octanol–water partition coefficient (Wildman–Crippen LogP) is 2.77. The number of rotatable bonds is 3. The number of nitrogens with two attached hydrogens (primary N) is 1. The van der Waals surface area contributed by atoms with E-state index < -0.39 is 11.7 Å². The SMILES string of the molecule is CC1=C(C)c2c(c(C(N)=O)cc(F)c2N2CCC[C@H](NC(=O)C#CC3CC3)C2)C1. The van der Waals surface area contributed by atoms with E-state index in [1.54, 1.807) is 0 Å². The van der Waals surface area contributed by atoms with E-state index in [0.717, 1.165) is 48.0 Å². The van der Waals surface area contributed by atoms with E-state index >= 15 is 4.39 Å². The fraction of sp³-hybridized carbons (Fsp3) is 0.478. The Labute approximate surface area is 170 Å². The third-order valence-corrected chi connectivity index (χ3v) is 6.12. The first-order chi connectivity index (χ1) is 13.8. The van der Waals surface area contributed by atoms with Gasteiger partial charge in [0, 0.05) is 36.2 Å². The lowest BCUT2D eigenvalue weighted by molar-refractivity contribution is -0.116. The highest BCUT2D eigenvalue weighted by atomic mass is 19.1. The minimum Gasteiger partial charge on any atom is -0.367 e. The van der Waals surface area contributed by atoms with Gasteiger partial charge in [-0.05, 0) is 69.1 Å². The molecule has 2 fully saturated rings. The number of hydrogen-bond donors (Lipinski definition) is 2. The standard InChI is InChI=1S/C23H26FN3O2/c1-13-10-17-18(23(25)29)11-19(24)22(21(17)14(13)2)27-9-3-4-16(12-27)26-20(28)8-7-15-5-6-15/h11,15-16H,3-6,9-10,12H2,1-2H3,(H2,25,29)(H,26,28)/t16-/m0/s1. The first kappa shape index (κ1) is 19.5. The van der Waals surface area contributed by atoms with Gasteiger partial charge in [0.15, 0.2) is 0 Å². The van der Waals surface area contributed by atoms with Crippen molar-refractivity contribution in [1.82, 2.24) is 5.32 Å². The number of carbonyl (C=O) groups is 2. The van der Waals surface area contributed by atoms with E-state index in [1.165, 1.54) is 6.07 Å². The molecular formula is C23H26FN3O2. The average Bonchev–Trinajstić information content (AvgIpc) is 3.46. The van der Waals surface area contributed by atoms with Gasteiger partial charge in [-0.1, -0.05) is 11.5 Å². The number of nitrogens with one attached hydrogen (secondary N) is 1. The number of carbonyl (C=O) groups excluding carboxylic acids is 2. The number of anilines is 1. The summed E-state index contributed by atoms with van der Waals surface area (Å²) in [5, 5.41) is 2.98. The molecule has 4 rings (SSSR count). The topological polar surface area (TPSA) is 75.4 Å². The van der Waals surface area contributed by atoms with Crippen LogP contribution in [0.25, 0.3) is 5.57 Å². The number of fused-ring (bicyclic) bond motifs is 1. The van der Waals surface area contributed by atoms with Crippen molar-refractivity contribution in [3.8, 4) is 11.8 Å². The highest BCUT2D eigenvalue weighted by Crippen LogP contribution is 2.43. The Balaban J connectivity index is 1.61. The minimum absolute atomic E-state index is 0.0811. The van der Waals surface area contributed by atoms with E-state index in [1.807, 2.05) is 18.7 Å². The third-order valence-electron chi connectivity index (χ3n) is 6.12. The Morgan fingerprint density at radius 2 is 2.03 bits per heavy atom. The van der Waals surface area contributed by atoms with Crippen LogP contribution in [0.15, 0.2) is 11.6 Å². The lowest BCUT2D eigenvalue weighted by atomic mass is 9.95. The molecule has 2 aliphatic carbocycles. The molecular weight excluding hydrogens is 369 g/mol. The van der Waals surface area contributed by atoms with Crippen LogP contribution in [0.1, 0.15) is 61.0 Å². The summed E-state index contributed by atoms with van der Waals surface area (Å²) in [5.74, 6) is 4.73. The van der Waals surface area contributed by atoms with E-state index in [0.29, 0.717) is 31.1 Å². The molecule has 3 N–H and O–H groups in total. The molecule has 0 radical (unpaired) electrons. The van der Waals surface area contributed by atoms with Gasteiger partial charge >= 0.3 is 0 Å². The summed E-state index contributed by atoms with van der Waals surface area (Å²) >= 11 is 0. The number of hydrogen-bond acceptors (Lipinski definition) is 3. The third kappa shape index (κ3) is 3.87. The van der Waals surface area contributed by atoms with Crippen LogP contribution in [0.2, 0.25) is 0 Å². The molecule has 1 aliphatic heterocycles. The summed E-state index contributed by atoms with van der Waals surface area (Å²) in [6, 6.07) is 1.19. The van der Waals surface area contributed by atoms with Gasteiger partial charge in [-0.2, -0.15) is 0 Å². The summed E-state index contributed by atoms with van der Waals surface area (Å²) in [6.45, 7) is 5.18. The smallest absolute Gasteiger partial charge is 0.296 e. The Hall–Kier alpha value is -2.81. The van der Waals surface area contributed by atoms with Gasteiger partial charge in [0.05, 0.1) is 5.69 Å². The molecule has 3 aliphatic rings. The van der Waals surface area contributed by atoms with Crippen LogP contribution < -0.4 is 16.0 Å². The van der Waals surface area contributed by atoms with Crippen molar-refractivity contribution in [2.75, 3.05) is 18.0 Å². The molecule has 1 atom stereocenters. The Bertz CT molecular complexity index is 982. The largest absolute Gasteiger partial charge is 0.367 e. The second-order valence-electron chi connectivity index (χ2n) is 8.36. The van der Waals surface area contributed by atoms with Gasteiger partial charge in [-0.25, -0.2) is 4.39 Å². The van der Waals surface area contributed by atoms with E-state index in [2.05, 4.69) is 17.2 Å². The average molecular weight is 395 g/mol. The van der Waals surface area contributed by atoms with Crippen LogP contribution in [0.5, 0.6) is 0 Å². The van der Waals surface area contributed by atoms with Crippen LogP contribution in [0, 0.1) is 23.6 Å². The molecule has 5 nitrogen and oxygen atoms in total. The van der Waals surface area contributed by atoms with Gasteiger partial charge < -0.3 is 16.0 Å². The van der Waals surface area contributed by atoms with E-state index in [-0.39, 0.29) is 17.5 Å². The van der Waals surface area contributed by atoms with E-state index in [4.69, 9.17) is 5.73 Å². The molecule has 0 spiro atoms. The second-order valence-corrected chi connectivity index (χ2v) is 8.36. The summed E-state index contributed by atoms with van der Waals surface area (Å²) in [6.07, 6.45) is 4.45. The number of primary amides is 1. The van der Waals surface area contributed by atoms with Gasteiger partial charge in [0.2, 0.25) is 5.91 Å². The number of halogens is 1. The molecule has 0 unspecified atom stereocenters. The summed E-state index contributed by atoms with van der Waals surface area (Å²) in [7, 11) is 0. The zero-order valence-electron chi connectivity index (χ0n) is 16.9. The molecule has 29 heavy (non-hydrogen) atoms. The van der Waals surface area contributed by atoms with Gasteiger partial charge in [0.25, 0.3) is 5.91 Å². The highest BCUT2D eigenvalue weighted by molar-refractivity contribution is 5.99. The van der Waals surface area contributed by atoms with Crippen molar-refractivity contribution in [3.63, 3.8) is 0 Å². The Morgan fingerprint density at radius 3 is 2.72 bits per heavy atom. The fourth-order valence-corrected chi connectivity index (χ4v) is 4.32. The first-order valence-corrected chi connectivity index (χ1v) is 10.2. The van der Waals surface area contributed by atoms with Crippen LogP contribution in [-0.4, -0.2) is 30.9 Å². The number of amides is 2. The molecule has 0 bridgehead atoms. The number of benzene rings is 1. The number of allylic oxidation sites excluding steroid dienone is 2. The Kier molecular flexibility index (Phi) is 5.08. The summed E-state index contributed by atoms with van der Waals surface area (Å²) in [4.78, 5) is 26.0. The predicted molar refractivity (Wildman–Crippen MR) is 111 cm³/mol. The molecule has 0 aromatic heterocycles. The minimum atomic E-state index is -0.604. The van der Waals surface area contributed by atoms with Crippen molar-refractivity contribution in [3.05, 3.63) is 34.1 Å². The van der Waals surface area contributed by atoms with Gasteiger partial charge in [-0.15, -0.1) is 0 Å². The molecule has 1 heterocycles. The van der Waals surface area contributed by atoms with Crippen molar-refractivity contribution in [1.29, 1.82) is 0 Å². The molecule has 6 heteroatoms. The lowest BCUT2D eigenvalue weighted by Crippen LogP contribution is -2.48. The molecule has 1 saturated heterocycles. The van der Waals surface area contributed by atoms with Gasteiger partial charge in [0.1, 0.15) is 5.82 Å². The van der Waals surface area contributed by atoms with Crippen LogP contribution in [-0.2, 0) is 11.2 Å². The van der Waals surface area contributed by atoms with Gasteiger partial charge in [-0.3, -0.25) is 9.59 Å². The van der Waals surface area contributed by atoms with Crippen molar-refractivity contribution < 1.29 is 14.0 Å². The first-order valence-electron chi connectivity index (χ1n) is 10.2. The van der Waals surface area contributed by atoms with Crippen LogP contribution >= 0.6 is 0 Å². The zero-order valence-corrected chi connectivity index (χ0v) is 16.9. The maximum absolute atomic E-state index is 15.2. The van der Waals surface area contributed by atoms with Crippen molar-refractivity contribution in [2.45, 2.75) is 52.0 Å². The summed E-state index contributed by atoms with van der Waals surface area (Å²) < 4.78 is 15.2. The summed E-state index contributed by atoms with van der Waals surface area (Å²) in [5.41, 5.74) is 10.00. The molecule has 1 aromatic rings. The Morgan fingerprint density at radius 1 is 1.28 bits per heavy atom. The molecule has 2 amide bonds. The quantitative estimate of drug-likeness (QED) is 0.773. The van der Waals surface area contributed by atoms with Crippen molar-refractivity contribution >= 4 is 23.1 Å². The van der Waals surface area contributed by atoms with E-state index in [9.17, 15) is 9.59 Å². The zero-order chi connectivity index (χ0) is 20.7. The lowest BCUT2D eigenvalue weighted by Gasteiger charge is -2.36. The normalized spacial score (nSPS) is 20.8. The molecule has 152 valence electrons. The number of nitrogens with zero attached hydrogens (tertiary/aromatic N) is 1. The maximum Gasteiger partial charge on any atom is 0.296 e. The fourth-order valence-electron chi connectivity index (χ4n) is 4.32. The molecule has 1 aromatic carbocycles. The van der Waals surface area contributed by atoms with Crippen LogP contribution in [0.3, 0.4) is 0 Å². The molecule has 1 saturated carbocycles. The van der Waals surface area contributed by atoms with Crippen LogP contribution in [0.4, 0.5) is 10.1 Å².